The average molecular weight is 373 g/mol. The lowest BCUT2D eigenvalue weighted by Gasteiger charge is -2.10. The van der Waals surface area contributed by atoms with Crippen molar-refractivity contribution in [2.45, 2.75) is 25.7 Å². The Balaban J connectivity index is 2.05. The van der Waals surface area contributed by atoms with Crippen LogP contribution in [0.15, 0.2) is 45.7 Å². The van der Waals surface area contributed by atoms with Gasteiger partial charge in [0.2, 0.25) is 0 Å². The fourth-order valence-corrected chi connectivity index (χ4v) is 3.99. The van der Waals surface area contributed by atoms with Crippen LogP contribution in [0, 0.1) is 13.8 Å². The third-order valence-electron chi connectivity index (χ3n) is 4.13. The van der Waals surface area contributed by atoms with E-state index in [4.69, 9.17) is 9.15 Å². The fraction of sp³-hybridized carbons (Fsp3) is 0.211. The molecule has 0 saturated carbocycles. The summed E-state index contributed by atoms with van der Waals surface area (Å²) in [5, 5.41) is 0.599. The zero-order valence-corrected chi connectivity index (χ0v) is 15.7. The number of nitrogens with one attached hydrogen (secondary N) is 1. The molecule has 1 N–H and O–H groups in total. The lowest BCUT2D eigenvalue weighted by atomic mass is 10.0. The monoisotopic (exact) mass is 373 g/mol. The first-order valence-electron chi connectivity index (χ1n) is 7.94. The maximum atomic E-state index is 12.6. The molecular weight excluding hydrogens is 354 g/mol. The Hall–Kier alpha value is -2.80. The van der Waals surface area contributed by atoms with Gasteiger partial charge in [0.15, 0.2) is 5.78 Å². The third kappa shape index (κ3) is 3.17. The van der Waals surface area contributed by atoms with E-state index in [1.807, 2.05) is 0 Å². The van der Waals surface area contributed by atoms with E-state index in [9.17, 15) is 13.2 Å². The summed E-state index contributed by atoms with van der Waals surface area (Å²) < 4.78 is 38.5. The van der Waals surface area contributed by atoms with Crippen LogP contribution in [0.3, 0.4) is 0 Å². The van der Waals surface area contributed by atoms with Crippen LogP contribution >= 0.6 is 0 Å². The van der Waals surface area contributed by atoms with Gasteiger partial charge >= 0.3 is 0 Å². The van der Waals surface area contributed by atoms with Crippen molar-refractivity contribution in [3.8, 4) is 5.75 Å². The van der Waals surface area contributed by atoms with Crippen LogP contribution in [0.2, 0.25) is 0 Å². The number of carbonyl (C=O) groups is 1. The summed E-state index contributed by atoms with van der Waals surface area (Å²) in [7, 11) is -2.26. The van der Waals surface area contributed by atoms with Crippen LogP contribution in [0.4, 0.5) is 5.69 Å². The number of ether oxygens (including phenoxy) is 1. The maximum absolute atomic E-state index is 12.6. The number of ketones is 1. The second-order valence-electron chi connectivity index (χ2n) is 6.04. The van der Waals surface area contributed by atoms with Gasteiger partial charge in [-0.25, -0.2) is 8.42 Å². The Kier molecular flexibility index (Phi) is 4.50. The van der Waals surface area contributed by atoms with Crippen molar-refractivity contribution in [3.05, 3.63) is 53.3 Å². The van der Waals surface area contributed by atoms with E-state index in [0.717, 1.165) is 5.56 Å². The molecule has 6 nitrogen and oxygen atoms in total. The summed E-state index contributed by atoms with van der Waals surface area (Å²) in [4.78, 5) is 12.0. The summed E-state index contributed by atoms with van der Waals surface area (Å²) in [6.45, 7) is 4.98. The summed E-state index contributed by atoms with van der Waals surface area (Å²) in [6, 6.07) is 9.39. The van der Waals surface area contributed by atoms with Crippen LogP contribution in [0.1, 0.15) is 28.6 Å². The highest BCUT2D eigenvalue weighted by Crippen LogP contribution is 2.32. The molecule has 0 fully saturated rings. The van der Waals surface area contributed by atoms with Crippen molar-refractivity contribution in [1.82, 2.24) is 0 Å². The zero-order chi connectivity index (χ0) is 19.1. The van der Waals surface area contributed by atoms with Crippen molar-refractivity contribution in [1.29, 1.82) is 0 Å². The number of rotatable bonds is 5. The standard InChI is InChI=1S/C19H19NO5S/c1-11-9-14(10-17-18(12(2)21)13(3)25-19(11)17)20-26(22,23)16-7-5-15(24-4)6-8-16/h5-10,20H,1-4H3. The van der Waals surface area contributed by atoms with Crippen LogP contribution in [-0.2, 0) is 10.0 Å². The Morgan fingerprint density at radius 1 is 1.12 bits per heavy atom. The molecule has 0 aliphatic rings. The minimum absolute atomic E-state index is 0.117. The second-order valence-corrected chi connectivity index (χ2v) is 7.72. The number of carbonyl (C=O) groups excluding carboxylic acids is 1. The number of anilines is 1. The molecule has 0 saturated heterocycles. The van der Waals surface area contributed by atoms with E-state index in [2.05, 4.69) is 4.72 Å². The fourth-order valence-electron chi connectivity index (χ4n) is 2.95. The Bertz CT molecular complexity index is 1100. The molecule has 0 aliphatic carbocycles. The number of benzene rings is 2. The minimum Gasteiger partial charge on any atom is -0.497 e. The number of fused-ring (bicyclic) bond motifs is 1. The van der Waals surface area contributed by atoms with E-state index in [0.29, 0.717) is 33.7 Å². The number of hydrogen-bond acceptors (Lipinski definition) is 5. The average Bonchev–Trinajstić information content (AvgIpc) is 2.91. The quantitative estimate of drug-likeness (QED) is 0.682. The van der Waals surface area contributed by atoms with Crippen molar-refractivity contribution in [2.24, 2.45) is 0 Å². The van der Waals surface area contributed by atoms with Gasteiger partial charge < -0.3 is 9.15 Å². The normalized spacial score (nSPS) is 11.5. The van der Waals surface area contributed by atoms with E-state index in [1.54, 1.807) is 38.1 Å². The first-order valence-corrected chi connectivity index (χ1v) is 9.43. The Labute approximate surface area is 151 Å². The molecule has 3 rings (SSSR count). The Morgan fingerprint density at radius 2 is 1.77 bits per heavy atom. The number of methoxy groups -OCH3 is 1. The van der Waals surface area contributed by atoms with Gasteiger partial charge in [-0.3, -0.25) is 9.52 Å². The SMILES string of the molecule is COc1ccc(S(=O)(=O)Nc2cc(C)c3oc(C)c(C(C)=O)c3c2)cc1. The molecular formula is C19H19NO5S. The molecule has 136 valence electrons. The number of sulfonamides is 1. The van der Waals surface area contributed by atoms with Crippen LogP contribution < -0.4 is 9.46 Å². The van der Waals surface area contributed by atoms with Gasteiger partial charge in [0, 0.05) is 11.1 Å². The summed E-state index contributed by atoms with van der Waals surface area (Å²) in [6.07, 6.45) is 0. The van der Waals surface area contributed by atoms with E-state index in [1.165, 1.54) is 26.2 Å². The highest BCUT2D eigenvalue weighted by atomic mass is 32.2. The van der Waals surface area contributed by atoms with Gasteiger partial charge in [0.05, 0.1) is 17.6 Å². The lowest BCUT2D eigenvalue weighted by molar-refractivity contribution is 0.101. The van der Waals surface area contributed by atoms with E-state index >= 15 is 0 Å². The molecule has 0 radical (unpaired) electrons. The van der Waals surface area contributed by atoms with Gasteiger partial charge in [-0.05, 0) is 62.7 Å². The largest absolute Gasteiger partial charge is 0.497 e. The van der Waals surface area contributed by atoms with Crippen LogP contribution in [0.5, 0.6) is 5.75 Å². The van der Waals surface area contributed by atoms with E-state index in [-0.39, 0.29) is 10.7 Å². The van der Waals surface area contributed by atoms with Crippen LogP contribution in [0.25, 0.3) is 11.0 Å². The number of Topliss-reactive ketones (excluding diaryl/α,β-unsaturated/α-hetero) is 1. The van der Waals surface area contributed by atoms with Gasteiger partial charge in [-0.2, -0.15) is 0 Å². The molecule has 0 unspecified atom stereocenters. The highest BCUT2D eigenvalue weighted by Gasteiger charge is 2.20. The topological polar surface area (TPSA) is 85.6 Å². The molecule has 0 aliphatic heterocycles. The van der Waals surface area contributed by atoms with Crippen molar-refractivity contribution in [2.75, 3.05) is 11.8 Å². The molecule has 2 aromatic carbocycles. The van der Waals surface area contributed by atoms with Crippen molar-refractivity contribution in [3.63, 3.8) is 0 Å². The second kappa shape index (κ2) is 6.49. The van der Waals surface area contributed by atoms with Crippen LogP contribution in [-0.4, -0.2) is 21.3 Å². The predicted molar refractivity (Wildman–Crippen MR) is 99.5 cm³/mol. The molecule has 1 aromatic heterocycles. The number of hydrogen-bond donors (Lipinski definition) is 1. The first-order chi connectivity index (χ1) is 12.2. The molecule has 7 heteroatoms. The minimum atomic E-state index is -3.77. The molecule has 26 heavy (non-hydrogen) atoms. The summed E-state index contributed by atoms with van der Waals surface area (Å²) in [5.74, 6) is 0.961. The third-order valence-corrected chi connectivity index (χ3v) is 5.52. The smallest absolute Gasteiger partial charge is 0.261 e. The number of aryl methyl sites for hydroxylation is 2. The maximum Gasteiger partial charge on any atom is 0.261 e. The molecule has 0 atom stereocenters. The van der Waals surface area contributed by atoms with Gasteiger partial charge in [0.25, 0.3) is 10.0 Å². The summed E-state index contributed by atoms with van der Waals surface area (Å²) >= 11 is 0. The van der Waals surface area contributed by atoms with E-state index < -0.39 is 10.0 Å². The van der Waals surface area contributed by atoms with Gasteiger partial charge in [-0.1, -0.05) is 0 Å². The predicted octanol–water partition coefficient (Wildman–Crippen LogP) is 4.06. The first kappa shape index (κ1) is 18.0. The summed E-state index contributed by atoms with van der Waals surface area (Å²) in [5.41, 5.74) is 2.16. The highest BCUT2D eigenvalue weighted by molar-refractivity contribution is 7.92. The Morgan fingerprint density at radius 3 is 2.35 bits per heavy atom. The number of furan rings is 1. The molecule has 0 amide bonds. The van der Waals surface area contributed by atoms with Gasteiger partial charge in [-0.15, -0.1) is 0 Å². The zero-order valence-electron chi connectivity index (χ0n) is 14.9. The molecule has 3 aromatic rings. The molecule has 0 bridgehead atoms. The molecule has 0 spiro atoms. The van der Waals surface area contributed by atoms with Crippen molar-refractivity contribution < 1.29 is 22.4 Å². The van der Waals surface area contributed by atoms with Crippen molar-refractivity contribution >= 4 is 32.5 Å². The molecule has 1 heterocycles. The lowest BCUT2D eigenvalue weighted by Crippen LogP contribution is -2.13. The van der Waals surface area contributed by atoms with Gasteiger partial charge in [0.1, 0.15) is 17.1 Å².